The van der Waals surface area contributed by atoms with Crippen LogP contribution in [0.25, 0.3) is 0 Å². The lowest BCUT2D eigenvalue weighted by molar-refractivity contribution is -0.124. The van der Waals surface area contributed by atoms with Gasteiger partial charge in [-0.05, 0) is 35.4 Å². The van der Waals surface area contributed by atoms with E-state index in [0.29, 0.717) is 16.1 Å². The normalized spacial score (nSPS) is 20.7. The molecule has 2 aromatic rings. The lowest BCUT2D eigenvalue weighted by Crippen LogP contribution is -2.45. The van der Waals surface area contributed by atoms with Gasteiger partial charge < -0.3 is 10.0 Å². The van der Waals surface area contributed by atoms with Crippen LogP contribution in [0.4, 0.5) is 4.79 Å². The maximum Gasteiger partial charge on any atom is 0.325 e. The molecule has 0 bridgehead atoms. The summed E-state index contributed by atoms with van der Waals surface area (Å²) in [6, 6.07) is 10.4. The number of phenolic OH excluding ortho intramolecular Hbond substituents is 1. The molecule has 2 N–H and O–H groups in total. The minimum atomic E-state index is -1.38. The van der Waals surface area contributed by atoms with E-state index < -0.39 is 17.5 Å². The minimum absolute atomic E-state index is 0.0606. The number of likely N-dealkylation sites (N-methyl/N-ethyl adjacent to an activating group) is 1. The van der Waals surface area contributed by atoms with E-state index in [9.17, 15) is 14.7 Å². The number of halogens is 2. The van der Waals surface area contributed by atoms with E-state index in [2.05, 4.69) is 5.32 Å². The third-order valence-corrected chi connectivity index (χ3v) is 4.72. The predicted molar refractivity (Wildman–Crippen MR) is 86.7 cm³/mol. The van der Waals surface area contributed by atoms with Gasteiger partial charge in [0.15, 0.2) is 5.54 Å². The highest BCUT2D eigenvalue weighted by molar-refractivity contribution is 6.42. The molecule has 0 radical (unpaired) electrons. The van der Waals surface area contributed by atoms with E-state index in [4.69, 9.17) is 23.2 Å². The van der Waals surface area contributed by atoms with Crippen LogP contribution in [0.2, 0.25) is 10.0 Å². The standard InChI is InChI=1S/C16H12Cl2N2O3/c1-20-15(23)19-14(22)16(20,9-2-5-11(21)6-3-9)10-4-7-12(17)13(18)8-10/h2-8,21H,1H3,(H,19,22,23). The SMILES string of the molecule is CN1C(=O)NC(=O)C1(c1ccc(O)cc1)c1ccc(Cl)c(Cl)c1. The number of nitrogens with one attached hydrogen (secondary N) is 1. The molecule has 118 valence electrons. The van der Waals surface area contributed by atoms with Gasteiger partial charge in [0.25, 0.3) is 5.91 Å². The Balaban J connectivity index is 2.30. The smallest absolute Gasteiger partial charge is 0.325 e. The third-order valence-electron chi connectivity index (χ3n) is 3.98. The summed E-state index contributed by atoms with van der Waals surface area (Å²) in [4.78, 5) is 26.0. The Morgan fingerprint density at radius 3 is 2.13 bits per heavy atom. The molecule has 7 heteroatoms. The molecule has 0 spiro atoms. The molecule has 0 aliphatic carbocycles. The average molecular weight is 351 g/mol. The van der Waals surface area contributed by atoms with Gasteiger partial charge in [-0.25, -0.2) is 4.79 Å². The highest BCUT2D eigenvalue weighted by Gasteiger charge is 2.53. The first-order chi connectivity index (χ1) is 10.9. The maximum absolute atomic E-state index is 12.7. The summed E-state index contributed by atoms with van der Waals surface area (Å²) in [6.45, 7) is 0. The molecular weight excluding hydrogens is 339 g/mol. The van der Waals surface area contributed by atoms with Crippen LogP contribution in [0.3, 0.4) is 0 Å². The van der Waals surface area contributed by atoms with Crippen molar-refractivity contribution in [2.24, 2.45) is 0 Å². The number of carbonyl (C=O) groups is 2. The Bertz CT molecular complexity index is 807. The second-order valence-electron chi connectivity index (χ2n) is 5.20. The van der Waals surface area contributed by atoms with Gasteiger partial charge in [0.05, 0.1) is 10.0 Å². The molecule has 1 heterocycles. The fourth-order valence-electron chi connectivity index (χ4n) is 2.82. The number of nitrogens with zero attached hydrogens (tertiary/aromatic N) is 1. The predicted octanol–water partition coefficient (Wildman–Crippen LogP) is 3.12. The number of amides is 3. The van der Waals surface area contributed by atoms with Crippen molar-refractivity contribution in [2.45, 2.75) is 5.54 Å². The summed E-state index contributed by atoms with van der Waals surface area (Å²) in [5, 5.41) is 12.4. The van der Waals surface area contributed by atoms with Crippen molar-refractivity contribution in [3.05, 3.63) is 63.6 Å². The second kappa shape index (κ2) is 5.44. The largest absolute Gasteiger partial charge is 0.508 e. The molecule has 1 saturated heterocycles. The van der Waals surface area contributed by atoms with Crippen LogP contribution < -0.4 is 5.32 Å². The second-order valence-corrected chi connectivity index (χ2v) is 6.02. The van der Waals surface area contributed by atoms with Crippen molar-refractivity contribution < 1.29 is 14.7 Å². The topological polar surface area (TPSA) is 69.6 Å². The van der Waals surface area contributed by atoms with Gasteiger partial charge in [0.2, 0.25) is 0 Å². The monoisotopic (exact) mass is 350 g/mol. The molecule has 2 aromatic carbocycles. The van der Waals surface area contributed by atoms with Crippen LogP contribution in [0.1, 0.15) is 11.1 Å². The number of phenols is 1. The van der Waals surface area contributed by atoms with E-state index in [1.807, 2.05) is 0 Å². The van der Waals surface area contributed by atoms with Crippen molar-refractivity contribution in [3.63, 3.8) is 0 Å². The molecule has 1 aliphatic heterocycles. The number of benzene rings is 2. The zero-order valence-corrected chi connectivity index (χ0v) is 13.5. The summed E-state index contributed by atoms with van der Waals surface area (Å²) in [7, 11) is 1.52. The number of hydrogen-bond donors (Lipinski definition) is 2. The van der Waals surface area contributed by atoms with Gasteiger partial charge in [0.1, 0.15) is 5.75 Å². The van der Waals surface area contributed by atoms with Crippen LogP contribution in [0.15, 0.2) is 42.5 Å². The Morgan fingerprint density at radius 2 is 1.61 bits per heavy atom. The number of urea groups is 1. The van der Waals surface area contributed by atoms with E-state index >= 15 is 0 Å². The third kappa shape index (κ3) is 2.24. The number of hydrogen-bond acceptors (Lipinski definition) is 3. The van der Waals surface area contributed by atoms with Crippen molar-refractivity contribution in [1.29, 1.82) is 0 Å². The molecule has 1 atom stereocenters. The molecule has 3 rings (SSSR count). The van der Waals surface area contributed by atoms with Crippen LogP contribution in [0, 0.1) is 0 Å². The van der Waals surface area contributed by atoms with Crippen molar-refractivity contribution in [2.75, 3.05) is 7.05 Å². The highest BCUT2D eigenvalue weighted by Crippen LogP contribution is 2.41. The number of carbonyl (C=O) groups excluding carboxylic acids is 2. The summed E-state index contributed by atoms with van der Waals surface area (Å²) in [6.07, 6.45) is 0. The molecule has 0 saturated carbocycles. The van der Waals surface area contributed by atoms with Gasteiger partial charge in [-0.15, -0.1) is 0 Å². The molecule has 0 aromatic heterocycles. The molecule has 1 aliphatic rings. The highest BCUT2D eigenvalue weighted by atomic mass is 35.5. The van der Waals surface area contributed by atoms with E-state index in [1.54, 1.807) is 30.3 Å². The van der Waals surface area contributed by atoms with Crippen molar-refractivity contribution in [1.82, 2.24) is 10.2 Å². The Hall–Kier alpha value is -2.24. The molecule has 3 amide bonds. The number of imide groups is 1. The molecule has 1 unspecified atom stereocenters. The van der Waals surface area contributed by atoms with E-state index in [-0.39, 0.29) is 10.8 Å². The maximum atomic E-state index is 12.7. The van der Waals surface area contributed by atoms with Gasteiger partial charge in [0, 0.05) is 7.05 Å². The molecule has 5 nitrogen and oxygen atoms in total. The summed E-state index contributed by atoms with van der Waals surface area (Å²) < 4.78 is 0. The lowest BCUT2D eigenvalue weighted by Gasteiger charge is -2.34. The zero-order chi connectivity index (χ0) is 16.8. The Morgan fingerprint density at radius 1 is 1.00 bits per heavy atom. The summed E-state index contributed by atoms with van der Waals surface area (Å²) >= 11 is 12.0. The van der Waals surface area contributed by atoms with Crippen LogP contribution >= 0.6 is 23.2 Å². The van der Waals surface area contributed by atoms with Gasteiger partial charge in [-0.1, -0.05) is 41.4 Å². The molecule has 23 heavy (non-hydrogen) atoms. The Labute approximate surface area is 142 Å². The van der Waals surface area contributed by atoms with Crippen molar-refractivity contribution >= 4 is 35.1 Å². The van der Waals surface area contributed by atoms with Crippen LogP contribution in [-0.4, -0.2) is 29.0 Å². The minimum Gasteiger partial charge on any atom is -0.508 e. The van der Waals surface area contributed by atoms with E-state index in [1.165, 1.54) is 24.1 Å². The van der Waals surface area contributed by atoms with Crippen LogP contribution in [0.5, 0.6) is 5.75 Å². The first kappa shape index (κ1) is 15.6. The van der Waals surface area contributed by atoms with Gasteiger partial charge in [-0.3, -0.25) is 10.1 Å². The summed E-state index contributed by atoms with van der Waals surface area (Å²) in [5.74, 6) is -0.431. The lowest BCUT2D eigenvalue weighted by atomic mass is 9.81. The first-order valence-electron chi connectivity index (χ1n) is 6.71. The average Bonchev–Trinajstić information content (AvgIpc) is 2.74. The zero-order valence-electron chi connectivity index (χ0n) is 12.0. The quantitative estimate of drug-likeness (QED) is 0.817. The molecule has 1 fully saturated rings. The van der Waals surface area contributed by atoms with Gasteiger partial charge >= 0.3 is 6.03 Å². The molecular formula is C16H12Cl2N2O3. The summed E-state index contributed by atoms with van der Waals surface area (Å²) in [5.41, 5.74) is -0.345. The van der Waals surface area contributed by atoms with Crippen LogP contribution in [-0.2, 0) is 10.3 Å². The fourth-order valence-corrected chi connectivity index (χ4v) is 3.11. The fraction of sp³-hybridized carbons (Fsp3) is 0.125. The number of rotatable bonds is 2. The van der Waals surface area contributed by atoms with Gasteiger partial charge in [-0.2, -0.15) is 0 Å². The Kier molecular flexibility index (Phi) is 3.70. The first-order valence-corrected chi connectivity index (χ1v) is 7.47. The van der Waals surface area contributed by atoms with E-state index in [0.717, 1.165) is 0 Å². The number of aromatic hydroxyl groups is 1. The van der Waals surface area contributed by atoms with Crippen molar-refractivity contribution in [3.8, 4) is 5.75 Å².